The van der Waals surface area contributed by atoms with Gasteiger partial charge in [0, 0.05) is 32.4 Å². The topological polar surface area (TPSA) is 39.7 Å². The minimum atomic E-state index is -0.118. The van der Waals surface area contributed by atoms with Crippen LogP contribution in [0.25, 0.3) is 0 Å². The molecular weight excluding hydrogens is 218 g/mol. The summed E-state index contributed by atoms with van der Waals surface area (Å²) >= 11 is 0. The molecular formula is C13H27NO3. The van der Waals surface area contributed by atoms with Crippen LogP contribution in [0.15, 0.2) is 0 Å². The minimum Gasteiger partial charge on any atom is -0.378 e. The van der Waals surface area contributed by atoms with Crippen LogP contribution in [0.1, 0.15) is 40.0 Å². The lowest BCUT2D eigenvalue weighted by atomic mass is 10.0. The van der Waals surface area contributed by atoms with Gasteiger partial charge in [-0.15, -0.1) is 0 Å². The van der Waals surface area contributed by atoms with E-state index in [9.17, 15) is 0 Å². The molecule has 0 aliphatic carbocycles. The summed E-state index contributed by atoms with van der Waals surface area (Å²) in [6, 6.07) is 0.539. The van der Waals surface area contributed by atoms with E-state index in [1.807, 2.05) is 13.8 Å². The normalized spacial score (nSPS) is 25.4. The molecule has 0 aromatic heterocycles. The number of hydrogen-bond acceptors (Lipinski definition) is 4. The molecule has 0 amide bonds. The first kappa shape index (κ1) is 14.9. The van der Waals surface area contributed by atoms with Gasteiger partial charge in [0.05, 0.1) is 6.10 Å². The second kappa shape index (κ2) is 8.86. The average Bonchev–Trinajstić information content (AvgIpc) is 2.37. The molecule has 1 N–H and O–H groups in total. The fourth-order valence-electron chi connectivity index (χ4n) is 2.15. The minimum absolute atomic E-state index is 0.118. The zero-order chi connectivity index (χ0) is 12.5. The van der Waals surface area contributed by atoms with E-state index < -0.39 is 0 Å². The molecule has 1 saturated heterocycles. The summed E-state index contributed by atoms with van der Waals surface area (Å²) in [5.41, 5.74) is 0. The fourth-order valence-corrected chi connectivity index (χ4v) is 2.15. The lowest BCUT2D eigenvalue weighted by Gasteiger charge is -2.30. The van der Waals surface area contributed by atoms with Crippen LogP contribution in [-0.4, -0.2) is 44.8 Å². The molecule has 0 radical (unpaired) electrons. The molecule has 4 heteroatoms. The van der Waals surface area contributed by atoms with Gasteiger partial charge in [-0.05, 0) is 33.1 Å². The zero-order valence-corrected chi connectivity index (χ0v) is 11.4. The lowest BCUT2D eigenvalue weighted by Crippen LogP contribution is -2.43. The van der Waals surface area contributed by atoms with Gasteiger partial charge in [0.15, 0.2) is 6.29 Å². The van der Waals surface area contributed by atoms with Crippen molar-refractivity contribution >= 4 is 0 Å². The third kappa shape index (κ3) is 5.82. The average molecular weight is 245 g/mol. The van der Waals surface area contributed by atoms with Gasteiger partial charge in [0.25, 0.3) is 0 Å². The van der Waals surface area contributed by atoms with Crippen LogP contribution < -0.4 is 5.32 Å². The Morgan fingerprint density at radius 1 is 1.24 bits per heavy atom. The highest BCUT2D eigenvalue weighted by Gasteiger charge is 2.21. The third-order valence-corrected chi connectivity index (χ3v) is 3.10. The molecule has 1 rings (SSSR count). The number of ether oxygens (including phenoxy) is 3. The third-order valence-electron chi connectivity index (χ3n) is 3.10. The first-order chi connectivity index (χ1) is 8.30. The second-order valence-electron chi connectivity index (χ2n) is 4.37. The molecule has 2 unspecified atom stereocenters. The van der Waals surface area contributed by atoms with Crippen LogP contribution in [-0.2, 0) is 14.2 Å². The standard InChI is InChI=1S/C13H27NO3/c1-4-12-9-11(7-8-17-12)14-10-13(15-5-2)16-6-3/h11-14H,4-10H2,1-3H3. The molecule has 1 heterocycles. The highest BCUT2D eigenvalue weighted by Crippen LogP contribution is 2.16. The molecule has 0 saturated carbocycles. The van der Waals surface area contributed by atoms with Crippen LogP contribution in [0.2, 0.25) is 0 Å². The van der Waals surface area contributed by atoms with E-state index in [0.29, 0.717) is 25.4 Å². The summed E-state index contributed by atoms with van der Waals surface area (Å²) in [5, 5.41) is 3.53. The Morgan fingerprint density at radius 3 is 2.53 bits per heavy atom. The lowest BCUT2D eigenvalue weighted by molar-refractivity contribution is -0.135. The van der Waals surface area contributed by atoms with Crippen molar-refractivity contribution in [3.63, 3.8) is 0 Å². The van der Waals surface area contributed by atoms with Crippen molar-refractivity contribution in [3.8, 4) is 0 Å². The zero-order valence-electron chi connectivity index (χ0n) is 11.4. The Hall–Kier alpha value is -0.160. The number of rotatable bonds is 8. The summed E-state index contributed by atoms with van der Waals surface area (Å²) in [4.78, 5) is 0. The maximum Gasteiger partial charge on any atom is 0.169 e. The molecule has 0 bridgehead atoms. The Morgan fingerprint density at radius 2 is 1.94 bits per heavy atom. The van der Waals surface area contributed by atoms with Gasteiger partial charge < -0.3 is 19.5 Å². The number of nitrogens with one attached hydrogen (secondary N) is 1. The van der Waals surface area contributed by atoms with Crippen molar-refractivity contribution in [2.45, 2.75) is 58.5 Å². The molecule has 1 fully saturated rings. The Kier molecular flexibility index (Phi) is 7.77. The highest BCUT2D eigenvalue weighted by molar-refractivity contribution is 4.76. The molecule has 17 heavy (non-hydrogen) atoms. The van der Waals surface area contributed by atoms with Crippen molar-refractivity contribution in [2.24, 2.45) is 0 Å². The van der Waals surface area contributed by atoms with Crippen molar-refractivity contribution in [1.82, 2.24) is 5.32 Å². The SMILES string of the molecule is CCOC(CNC1CCOC(CC)C1)OCC. The van der Waals surface area contributed by atoms with E-state index in [0.717, 1.165) is 32.4 Å². The Bertz CT molecular complexity index is 184. The largest absolute Gasteiger partial charge is 0.378 e. The Labute approximate surface area is 105 Å². The highest BCUT2D eigenvalue weighted by atomic mass is 16.7. The molecule has 0 aromatic rings. The quantitative estimate of drug-likeness (QED) is 0.663. The van der Waals surface area contributed by atoms with Crippen LogP contribution in [0.3, 0.4) is 0 Å². The van der Waals surface area contributed by atoms with Crippen molar-refractivity contribution < 1.29 is 14.2 Å². The maximum absolute atomic E-state index is 5.66. The molecule has 4 nitrogen and oxygen atoms in total. The van der Waals surface area contributed by atoms with Gasteiger partial charge in [0.2, 0.25) is 0 Å². The fraction of sp³-hybridized carbons (Fsp3) is 1.00. The second-order valence-corrected chi connectivity index (χ2v) is 4.37. The summed E-state index contributed by atoms with van der Waals surface area (Å²) in [5.74, 6) is 0. The van der Waals surface area contributed by atoms with E-state index in [1.165, 1.54) is 0 Å². The van der Waals surface area contributed by atoms with Crippen LogP contribution in [0, 0.1) is 0 Å². The maximum atomic E-state index is 5.66. The van der Waals surface area contributed by atoms with Gasteiger partial charge in [-0.1, -0.05) is 6.92 Å². The first-order valence-electron chi connectivity index (χ1n) is 6.88. The van der Waals surface area contributed by atoms with E-state index >= 15 is 0 Å². The van der Waals surface area contributed by atoms with E-state index in [1.54, 1.807) is 0 Å². The van der Waals surface area contributed by atoms with E-state index in [4.69, 9.17) is 14.2 Å². The smallest absolute Gasteiger partial charge is 0.169 e. The van der Waals surface area contributed by atoms with Gasteiger partial charge in [-0.2, -0.15) is 0 Å². The molecule has 0 aromatic carbocycles. The molecule has 102 valence electrons. The van der Waals surface area contributed by atoms with Crippen molar-refractivity contribution in [1.29, 1.82) is 0 Å². The first-order valence-corrected chi connectivity index (χ1v) is 6.88. The predicted octanol–water partition coefficient (Wildman–Crippen LogP) is 1.93. The van der Waals surface area contributed by atoms with Crippen LogP contribution in [0.4, 0.5) is 0 Å². The van der Waals surface area contributed by atoms with Crippen LogP contribution >= 0.6 is 0 Å². The molecule has 1 aliphatic heterocycles. The van der Waals surface area contributed by atoms with E-state index in [-0.39, 0.29) is 6.29 Å². The predicted molar refractivity (Wildman–Crippen MR) is 68.1 cm³/mol. The summed E-state index contributed by atoms with van der Waals surface area (Å²) in [7, 11) is 0. The monoisotopic (exact) mass is 245 g/mol. The van der Waals surface area contributed by atoms with Gasteiger partial charge in [-0.25, -0.2) is 0 Å². The molecule has 0 spiro atoms. The molecule has 2 atom stereocenters. The van der Waals surface area contributed by atoms with Crippen molar-refractivity contribution in [2.75, 3.05) is 26.4 Å². The van der Waals surface area contributed by atoms with Gasteiger partial charge in [0.1, 0.15) is 0 Å². The van der Waals surface area contributed by atoms with Crippen LogP contribution in [0.5, 0.6) is 0 Å². The number of hydrogen-bond donors (Lipinski definition) is 1. The van der Waals surface area contributed by atoms with Gasteiger partial charge in [-0.3, -0.25) is 0 Å². The summed E-state index contributed by atoms with van der Waals surface area (Å²) in [6.07, 6.45) is 3.58. The Balaban J connectivity index is 2.22. The van der Waals surface area contributed by atoms with Crippen molar-refractivity contribution in [3.05, 3.63) is 0 Å². The van der Waals surface area contributed by atoms with Gasteiger partial charge >= 0.3 is 0 Å². The van der Waals surface area contributed by atoms with E-state index in [2.05, 4.69) is 12.2 Å². The summed E-state index contributed by atoms with van der Waals surface area (Å²) < 4.78 is 16.7. The molecule has 1 aliphatic rings. The summed E-state index contributed by atoms with van der Waals surface area (Å²) in [6.45, 7) is 9.18.